The van der Waals surface area contributed by atoms with Crippen LogP contribution in [0.15, 0.2) is 29.3 Å². The van der Waals surface area contributed by atoms with Crippen LogP contribution >= 0.6 is 12.4 Å². The molecule has 0 fully saturated rings. The number of fused-ring (bicyclic) bond motifs is 1. The molecule has 2 aliphatic heterocycles. The number of benzene rings is 1. The van der Waals surface area contributed by atoms with E-state index in [1.165, 1.54) is 11.1 Å². The third-order valence-corrected chi connectivity index (χ3v) is 2.80. The van der Waals surface area contributed by atoms with Crippen molar-refractivity contribution >= 4 is 18.4 Å². The Labute approximate surface area is 95.6 Å². The molecule has 1 N–H and O–H groups in total. The van der Waals surface area contributed by atoms with Crippen LogP contribution in [0.4, 0.5) is 0 Å². The van der Waals surface area contributed by atoms with Crippen molar-refractivity contribution in [3.8, 4) is 0 Å². The van der Waals surface area contributed by atoms with Crippen LogP contribution < -0.4 is 5.32 Å². The largest absolute Gasteiger partial charge is 0.354 e. The SMILES string of the molecule is Cl.c1ccc2c(c1)CN(C1=NCCN1)C2. The minimum absolute atomic E-state index is 0. The molecule has 0 atom stereocenters. The fraction of sp³-hybridized carbons (Fsp3) is 0.364. The highest BCUT2D eigenvalue weighted by molar-refractivity contribution is 5.85. The number of hydrogen-bond acceptors (Lipinski definition) is 3. The molecule has 2 heterocycles. The fourth-order valence-electron chi connectivity index (χ4n) is 2.08. The minimum atomic E-state index is 0. The minimum Gasteiger partial charge on any atom is -0.354 e. The van der Waals surface area contributed by atoms with Crippen LogP contribution in [-0.4, -0.2) is 23.9 Å². The maximum absolute atomic E-state index is 4.43. The van der Waals surface area contributed by atoms with E-state index in [0.717, 1.165) is 32.1 Å². The second-order valence-corrected chi connectivity index (χ2v) is 3.76. The lowest BCUT2D eigenvalue weighted by Crippen LogP contribution is -2.34. The molecule has 4 heteroatoms. The monoisotopic (exact) mass is 223 g/mol. The Morgan fingerprint density at radius 2 is 1.80 bits per heavy atom. The molecule has 0 unspecified atom stereocenters. The molecule has 0 amide bonds. The van der Waals surface area contributed by atoms with Gasteiger partial charge in [0, 0.05) is 19.6 Å². The first-order chi connectivity index (χ1) is 6.93. The molecule has 0 saturated heterocycles. The van der Waals surface area contributed by atoms with Gasteiger partial charge in [-0.2, -0.15) is 0 Å². The van der Waals surface area contributed by atoms with Crippen molar-refractivity contribution in [3.63, 3.8) is 0 Å². The Balaban J connectivity index is 0.000000853. The Morgan fingerprint density at radius 1 is 1.13 bits per heavy atom. The number of rotatable bonds is 0. The summed E-state index contributed by atoms with van der Waals surface area (Å²) < 4.78 is 0. The molecule has 1 aromatic rings. The van der Waals surface area contributed by atoms with Crippen LogP contribution in [0.25, 0.3) is 0 Å². The summed E-state index contributed by atoms with van der Waals surface area (Å²) in [5, 5.41) is 3.31. The topological polar surface area (TPSA) is 27.6 Å². The standard InChI is InChI=1S/C11H13N3.ClH/c1-2-4-10-8-14(7-9(10)3-1)11-12-5-6-13-11;/h1-4H,5-8H2,(H,12,13);1H. The molecular weight excluding hydrogens is 210 g/mol. The Morgan fingerprint density at radius 3 is 2.33 bits per heavy atom. The molecular formula is C11H14ClN3. The van der Waals surface area contributed by atoms with Crippen LogP contribution in [0.3, 0.4) is 0 Å². The molecule has 80 valence electrons. The quantitative estimate of drug-likeness (QED) is 0.720. The van der Waals surface area contributed by atoms with Gasteiger partial charge in [0.2, 0.25) is 0 Å². The molecule has 0 spiro atoms. The van der Waals surface area contributed by atoms with Crippen LogP contribution in [0.1, 0.15) is 11.1 Å². The molecule has 2 aliphatic rings. The predicted octanol–water partition coefficient (Wildman–Crippen LogP) is 1.38. The molecule has 1 aromatic carbocycles. The van der Waals surface area contributed by atoms with Crippen LogP contribution in [0.2, 0.25) is 0 Å². The highest BCUT2D eigenvalue weighted by atomic mass is 35.5. The molecule has 3 rings (SSSR count). The average Bonchev–Trinajstić information content (AvgIpc) is 2.86. The van der Waals surface area contributed by atoms with Gasteiger partial charge in [0.1, 0.15) is 0 Å². The zero-order chi connectivity index (χ0) is 9.38. The molecule has 0 radical (unpaired) electrons. The van der Waals surface area contributed by atoms with E-state index in [4.69, 9.17) is 0 Å². The van der Waals surface area contributed by atoms with E-state index in [2.05, 4.69) is 39.5 Å². The summed E-state index contributed by atoms with van der Waals surface area (Å²) in [4.78, 5) is 6.74. The number of aliphatic imine (C=N–C) groups is 1. The van der Waals surface area contributed by atoms with E-state index in [1.54, 1.807) is 0 Å². The molecule has 3 nitrogen and oxygen atoms in total. The molecule has 0 aliphatic carbocycles. The number of guanidine groups is 1. The zero-order valence-corrected chi connectivity index (χ0v) is 9.26. The van der Waals surface area contributed by atoms with Crippen molar-refractivity contribution in [1.82, 2.24) is 10.2 Å². The van der Waals surface area contributed by atoms with Gasteiger partial charge in [0.05, 0.1) is 6.54 Å². The van der Waals surface area contributed by atoms with Crippen molar-refractivity contribution in [2.45, 2.75) is 13.1 Å². The van der Waals surface area contributed by atoms with E-state index in [9.17, 15) is 0 Å². The van der Waals surface area contributed by atoms with Gasteiger partial charge in [-0.1, -0.05) is 24.3 Å². The summed E-state index contributed by atoms with van der Waals surface area (Å²) in [6.45, 7) is 3.91. The second-order valence-electron chi connectivity index (χ2n) is 3.76. The Kier molecular flexibility index (Phi) is 2.82. The Bertz CT molecular complexity index is 364. The smallest absolute Gasteiger partial charge is 0.194 e. The van der Waals surface area contributed by atoms with E-state index >= 15 is 0 Å². The lowest BCUT2D eigenvalue weighted by molar-refractivity contribution is 0.435. The van der Waals surface area contributed by atoms with E-state index in [1.807, 2.05) is 0 Å². The number of nitrogens with zero attached hydrogens (tertiary/aromatic N) is 2. The van der Waals surface area contributed by atoms with Crippen molar-refractivity contribution in [2.24, 2.45) is 4.99 Å². The third-order valence-electron chi connectivity index (χ3n) is 2.80. The van der Waals surface area contributed by atoms with Crippen molar-refractivity contribution in [1.29, 1.82) is 0 Å². The van der Waals surface area contributed by atoms with Gasteiger partial charge >= 0.3 is 0 Å². The first-order valence-corrected chi connectivity index (χ1v) is 5.03. The molecule has 0 saturated carbocycles. The summed E-state index contributed by atoms with van der Waals surface area (Å²) in [7, 11) is 0. The van der Waals surface area contributed by atoms with Crippen molar-refractivity contribution in [3.05, 3.63) is 35.4 Å². The second kappa shape index (κ2) is 4.11. The lowest BCUT2D eigenvalue weighted by atomic mass is 10.1. The van der Waals surface area contributed by atoms with Gasteiger partial charge in [0.15, 0.2) is 5.96 Å². The number of nitrogens with one attached hydrogen (secondary N) is 1. The summed E-state index contributed by atoms with van der Waals surface area (Å²) in [6.07, 6.45) is 0. The highest BCUT2D eigenvalue weighted by Gasteiger charge is 2.22. The summed E-state index contributed by atoms with van der Waals surface area (Å²) in [6, 6.07) is 8.61. The van der Waals surface area contributed by atoms with Gasteiger partial charge in [-0.15, -0.1) is 12.4 Å². The summed E-state index contributed by atoms with van der Waals surface area (Å²) in [5.41, 5.74) is 2.87. The van der Waals surface area contributed by atoms with E-state index in [0.29, 0.717) is 0 Å². The predicted molar refractivity (Wildman–Crippen MR) is 63.2 cm³/mol. The highest BCUT2D eigenvalue weighted by Crippen LogP contribution is 2.22. The van der Waals surface area contributed by atoms with Crippen molar-refractivity contribution < 1.29 is 0 Å². The van der Waals surface area contributed by atoms with Crippen LogP contribution in [0.5, 0.6) is 0 Å². The van der Waals surface area contributed by atoms with Crippen molar-refractivity contribution in [2.75, 3.05) is 13.1 Å². The number of hydrogen-bond donors (Lipinski definition) is 1. The van der Waals surface area contributed by atoms with Gasteiger partial charge in [-0.05, 0) is 11.1 Å². The lowest BCUT2D eigenvalue weighted by Gasteiger charge is -2.16. The van der Waals surface area contributed by atoms with E-state index < -0.39 is 0 Å². The van der Waals surface area contributed by atoms with Gasteiger partial charge in [-0.25, -0.2) is 0 Å². The fourth-order valence-corrected chi connectivity index (χ4v) is 2.08. The Hall–Kier alpha value is -1.22. The maximum atomic E-state index is 4.43. The van der Waals surface area contributed by atoms with Crippen LogP contribution in [0, 0.1) is 0 Å². The molecule has 0 bridgehead atoms. The molecule has 0 aromatic heterocycles. The number of halogens is 1. The third kappa shape index (κ3) is 1.79. The van der Waals surface area contributed by atoms with Crippen LogP contribution in [-0.2, 0) is 13.1 Å². The first-order valence-electron chi connectivity index (χ1n) is 5.03. The first kappa shape index (κ1) is 10.3. The molecule has 15 heavy (non-hydrogen) atoms. The average molecular weight is 224 g/mol. The van der Waals surface area contributed by atoms with Gasteiger partial charge < -0.3 is 10.2 Å². The summed E-state index contributed by atoms with van der Waals surface area (Å²) >= 11 is 0. The maximum Gasteiger partial charge on any atom is 0.194 e. The van der Waals surface area contributed by atoms with Gasteiger partial charge in [-0.3, -0.25) is 4.99 Å². The normalized spacial score (nSPS) is 17.9. The van der Waals surface area contributed by atoms with E-state index in [-0.39, 0.29) is 12.4 Å². The summed E-state index contributed by atoms with van der Waals surface area (Å²) in [5.74, 6) is 1.07. The zero-order valence-electron chi connectivity index (χ0n) is 8.44. The van der Waals surface area contributed by atoms with Gasteiger partial charge in [0.25, 0.3) is 0 Å².